The molecular weight excluding hydrogens is 877 g/mol. The van der Waals surface area contributed by atoms with Gasteiger partial charge in [0.05, 0.1) is 0 Å². The zero-order chi connectivity index (χ0) is 51.4. The van der Waals surface area contributed by atoms with Gasteiger partial charge in [0.15, 0.2) is 6.10 Å². The molecule has 6 nitrogen and oxygen atoms in total. The fourth-order valence-corrected chi connectivity index (χ4v) is 8.12. The van der Waals surface area contributed by atoms with Crippen molar-refractivity contribution in [3.8, 4) is 0 Å². The van der Waals surface area contributed by atoms with Crippen LogP contribution in [0.4, 0.5) is 0 Å². The minimum absolute atomic E-state index is 0.0817. The summed E-state index contributed by atoms with van der Waals surface area (Å²) in [5, 5.41) is 0. The molecular formula is C65H110O6. The number of carbonyl (C=O) groups is 3. The lowest BCUT2D eigenvalue weighted by molar-refractivity contribution is -0.167. The molecule has 0 aliphatic carbocycles. The third kappa shape index (κ3) is 57.1. The Labute approximate surface area is 438 Å². The molecule has 0 N–H and O–H groups in total. The standard InChI is InChI=1S/C65H110O6/c1-4-7-10-13-16-19-21-23-25-27-28-29-30-31-32-33-34-35-36-38-39-41-43-46-49-52-55-58-64(67)70-61-62(60-69-63(66)57-54-51-48-45-18-15-12-9-6-3)71-65(68)59-56-53-50-47-44-42-40-37-26-24-22-20-17-14-11-8-5-2/h7,10,16-17,19-20,23-26,28-29,31-32,34-35,62H,4-6,8-9,11-15,18,21-22,27,30,33,36-61H2,1-3H3/b10-7-,19-16-,20-17-,25-23-,26-24-,29-28-,32-31-,35-34-. The summed E-state index contributed by atoms with van der Waals surface area (Å²) in [6, 6.07) is 0. The molecule has 0 radical (unpaired) electrons. The fraction of sp³-hybridized carbons (Fsp3) is 0.708. The Balaban J connectivity index is 4.26. The van der Waals surface area contributed by atoms with Crippen LogP contribution in [0, 0.1) is 0 Å². The summed E-state index contributed by atoms with van der Waals surface area (Å²) in [4.78, 5) is 38.1. The fourth-order valence-electron chi connectivity index (χ4n) is 8.12. The predicted molar refractivity (Wildman–Crippen MR) is 307 cm³/mol. The summed E-state index contributed by atoms with van der Waals surface area (Å²) in [6.07, 6.45) is 78.3. The molecule has 0 bridgehead atoms. The largest absolute Gasteiger partial charge is 0.462 e. The van der Waals surface area contributed by atoms with Crippen molar-refractivity contribution in [2.45, 2.75) is 284 Å². The highest BCUT2D eigenvalue weighted by atomic mass is 16.6. The zero-order valence-electron chi connectivity index (χ0n) is 46.5. The van der Waals surface area contributed by atoms with Crippen molar-refractivity contribution in [1.82, 2.24) is 0 Å². The van der Waals surface area contributed by atoms with Crippen molar-refractivity contribution in [3.05, 3.63) is 97.2 Å². The van der Waals surface area contributed by atoms with Gasteiger partial charge in [-0.15, -0.1) is 0 Å². The second kappa shape index (κ2) is 58.9. The maximum Gasteiger partial charge on any atom is 0.306 e. The minimum atomic E-state index is -0.784. The molecule has 0 saturated carbocycles. The van der Waals surface area contributed by atoms with Gasteiger partial charge in [-0.3, -0.25) is 14.4 Å². The van der Waals surface area contributed by atoms with Gasteiger partial charge >= 0.3 is 17.9 Å². The number of hydrogen-bond donors (Lipinski definition) is 0. The Morgan fingerprint density at radius 2 is 0.549 bits per heavy atom. The van der Waals surface area contributed by atoms with E-state index in [1.165, 1.54) is 122 Å². The molecule has 0 aliphatic heterocycles. The summed E-state index contributed by atoms with van der Waals surface area (Å²) in [6.45, 7) is 6.48. The molecule has 1 unspecified atom stereocenters. The van der Waals surface area contributed by atoms with Crippen molar-refractivity contribution in [2.75, 3.05) is 13.2 Å². The van der Waals surface area contributed by atoms with E-state index in [1.54, 1.807) is 0 Å². The predicted octanol–water partition coefficient (Wildman–Crippen LogP) is 20.1. The van der Waals surface area contributed by atoms with E-state index < -0.39 is 6.10 Å². The summed E-state index contributed by atoms with van der Waals surface area (Å²) in [7, 11) is 0. The molecule has 71 heavy (non-hydrogen) atoms. The number of esters is 3. The van der Waals surface area contributed by atoms with E-state index >= 15 is 0 Å². The number of carbonyl (C=O) groups excluding carboxylic acids is 3. The van der Waals surface area contributed by atoms with Crippen LogP contribution in [0.5, 0.6) is 0 Å². The first-order valence-electron chi connectivity index (χ1n) is 29.7. The molecule has 0 aliphatic rings. The van der Waals surface area contributed by atoms with Gasteiger partial charge < -0.3 is 14.2 Å². The van der Waals surface area contributed by atoms with E-state index in [0.717, 1.165) is 116 Å². The molecule has 406 valence electrons. The number of hydrogen-bond acceptors (Lipinski definition) is 6. The second-order valence-corrected chi connectivity index (χ2v) is 19.5. The molecule has 0 aromatic heterocycles. The third-order valence-corrected chi connectivity index (χ3v) is 12.6. The summed E-state index contributed by atoms with van der Waals surface area (Å²) in [5.41, 5.74) is 0. The first kappa shape index (κ1) is 67.3. The molecule has 0 spiro atoms. The normalized spacial score (nSPS) is 12.8. The lowest BCUT2D eigenvalue weighted by Crippen LogP contribution is -2.30. The first-order chi connectivity index (χ1) is 35.0. The topological polar surface area (TPSA) is 78.9 Å². The first-order valence-corrected chi connectivity index (χ1v) is 29.7. The molecule has 6 heteroatoms. The molecule has 0 amide bonds. The highest BCUT2D eigenvalue weighted by molar-refractivity contribution is 5.71. The van der Waals surface area contributed by atoms with Crippen LogP contribution < -0.4 is 0 Å². The summed E-state index contributed by atoms with van der Waals surface area (Å²) in [5.74, 6) is -0.897. The Morgan fingerprint density at radius 1 is 0.296 bits per heavy atom. The zero-order valence-corrected chi connectivity index (χ0v) is 46.5. The van der Waals surface area contributed by atoms with Gasteiger partial charge in [0, 0.05) is 19.3 Å². The van der Waals surface area contributed by atoms with E-state index in [9.17, 15) is 14.4 Å². The lowest BCUT2D eigenvalue weighted by atomic mass is 10.1. The highest BCUT2D eigenvalue weighted by Crippen LogP contribution is 2.15. The van der Waals surface area contributed by atoms with E-state index in [1.807, 2.05) is 0 Å². The van der Waals surface area contributed by atoms with Gasteiger partial charge in [0.2, 0.25) is 0 Å². The Kier molecular flexibility index (Phi) is 55.9. The van der Waals surface area contributed by atoms with Crippen molar-refractivity contribution >= 4 is 17.9 Å². The van der Waals surface area contributed by atoms with Crippen LogP contribution in [-0.4, -0.2) is 37.2 Å². The smallest absolute Gasteiger partial charge is 0.306 e. The SMILES string of the molecule is CC/C=C\C/C=C\C/C=C\C/C=C\C/C=C\C/C=C\CCCCCCCCCCC(=O)OCC(COC(=O)CCCCCCCCCCC)OC(=O)CCCCCCCCC/C=C\C/C=C\CCCCC. The van der Waals surface area contributed by atoms with Gasteiger partial charge in [-0.25, -0.2) is 0 Å². The van der Waals surface area contributed by atoms with Crippen LogP contribution >= 0.6 is 0 Å². The molecule has 0 rings (SSSR count). The maximum atomic E-state index is 12.8. The van der Waals surface area contributed by atoms with Gasteiger partial charge in [-0.1, -0.05) is 253 Å². The third-order valence-electron chi connectivity index (χ3n) is 12.6. The number of allylic oxidation sites excluding steroid dienone is 16. The van der Waals surface area contributed by atoms with E-state index in [2.05, 4.69) is 118 Å². The number of rotatable bonds is 53. The summed E-state index contributed by atoms with van der Waals surface area (Å²) < 4.78 is 16.8. The van der Waals surface area contributed by atoms with E-state index in [0.29, 0.717) is 19.3 Å². The molecule has 0 aromatic rings. The van der Waals surface area contributed by atoms with Crippen LogP contribution in [0.1, 0.15) is 278 Å². The molecule has 0 heterocycles. The lowest BCUT2D eigenvalue weighted by Gasteiger charge is -2.18. The van der Waals surface area contributed by atoms with E-state index in [-0.39, 0.29) is 31.1 Å². The van der Waals surface area contributed by atoms with E-state index in [4.69, 9.17) is 14.2 Å². The number of unbranched alkanes of at least 4 members (excludes halogenated alkanes) is 26. The van der Waals surface area contributed by atoms with Crippen molar-refractivity contribution in [2.24, 2.45) is 0 Å². The van der Waals surface area contributed by atoms with Crippen molar-refractivity contribution in [1.29, 1.82) is 0 Å². The van der Waals surface area contributed by atoms with Crippen LogP contribution in [0.15, 0.2) is 97.2 Å². The van der Waals surface area contributed by atoms with Gasteiger partial charge in [0.25, 0.3) is 0 Å². The Hall–Kier alpha value is -3.67. The molecule has 0 fully saturated rings. The monoisotopic (exact) mass is 987 g/mol. The van der Waals surface area contributed by atoms with Crippen molar-refractivity contribution < 1.29 is 28.6 Å². The maximum absolute atomic E-state index is 12.8. The quantitative estimate of drug-likeness (QED) is 0.0261. The molecule has 0 aromatic carbocycles. The van der Waals surface area contributed by atoms with Crippen LogP contribution in [0.25, 0.3) is 0 Å². The van der Waals surface area contributed by atoms with Gasteiger partial charge in [-0.05, 0) is 103 Å². The summed E-state index contributed by atoms with van der Waals surface area (Å²) >= 11 is 0. The van der Waals surface area contributed by atoms with Crippen LogP contribution in [0.3, 0.4) is 0 Å². The van der Waals surface area contributed by atoms with Crippen molar-refractivity contribution in [3.63, 3.8) is 0 Å². The molecule has 0 saturated heterocycles. The average molecular weight is 988 g/mol. The van der Waals surface area contributed by atoms with Gasteiger partial charge in [0.1, 0.15) is 13.2 Å². The van der Waals surface area contributed by atoms with Gasteiger partial charge in [-0.2, -0.15) is 0 Å². The average Bonchev–Trinajstić information content (AvgIpc) is 3.37. The highest BCUT2D eigenvalue weighted by Gasteiger charge is 2.19. The number of ether oxygens (including phenoxy) is 3. The Bertz CT molecular complexity index is 1410. The molecule has 1 atom stereocenters. The van der Waals surface area contributed by atoms with Crippen LogP contribution in [-0.2, 0) is 28.6 Å². The Morgan fingerprint density at radius 3 is 0.887 bits per heavy atom. The minimum Gasteiger partial charge on any atom is -0.462 e. The van der Waals surface area contributed by atoms with Crippen LogP contribution in [0.2, 0.25) is 0 Å². The second-order valence-electron chi connectivity index (χ2n) is 19.5.